The molecule has 0 saturated heterocycles. The molecule has 0 unspecified atom stereocenters. The summed E-state index contributed by atoms with van der Waals surface area (Å²) in [5.41, 5.74) is 11.9. The third-order valence-corrected chi connectivity index (χ3v) is 12.4. The van der Waals surface area contributed by atoms with Gasteiger partial charge < -0.3 is 15.1 Å². The second kappa shape index (κ2) is 13.9. The summed E-state index contributed by atoms with van der Waals surface area (Å²) < 4.78 is 2.02. The van der Waals surface area contributed by atoms with Crippen LogP contribution in [-0.2, 0) is 12.8 Å². The molecule has 16 heteroatoms. The molecule has 0 radical (unpaired) electrons. The number of halogens is 1. The van der Waals surface area contributed by atoms with Crippen molar-refractivity contribution in [2.45, 2.75) is 46.5 Å². The van der Waals surface area contributed by atoms with Crippen LogP contribution in [0, 0.1) is 22.1 Å². The smallest absolute Gasteiger partial charge is 0.188 e. The third kappa shape index (κ3) is 6.51. The summed E-state index contributed by atoms with van der Waals surface area (Å²) >= 11 is 12.4. The SMILES string of the molecule is Cc1[nH]nc2c1CCSc1c-2[nH]c2ccc(I)cc12.Cc1[nH]nc2c1CCSc1c-2[nH]c2ccc(Sc3ncn[nH]3)cc12.S=c1cc[nH][nH]1. The highest BCUT2D eigenvalue weighted by Crippen LogP contribution is 2.44. The first-order valence-corrected chi connectivity index (χ1v) is 19.8. The molecule has 7 N–H and O–H groups in total. The minimum Gasteiger partial charge on any atom is -0.352 e. The Bertz CT molecular complexity index is 2450. The van der Waals surface area contributed by atoms with E-state index in [1.54, 1.807) is 24.0 Å². The van der Waals surface area contributed by atoms with Crippen LogP contribution in [0.4, 0.5) is 0 Å². The highest BCUT2D eigenvalue weighted by Gasteiger charge is 2.25. The Morgan fingerprint density at radius 2 is 1.43 bits per heavy atom. The van der Waals surface area contributed by atoms with Gasteiger partial charge in [-0.3, -0.25) is 20.4 Å². The summed E-state index contributed by atoms with van der Waals surface area (Å²) in [6, 6.07) is 14.8. The van der Waals surface area contributed by atoms with E-state index in [1.165, 1.54) is 64.2 Å². The van der Waals surface area contributed by atoms with E-state index in [0.717, 1.165) is 61.6 Å². The van der Waals surface area contributed by atoms with Gasteiger partial charge in [0.05, 0.1) is 11.4 Å². The van der Waals surface area contributed by atoms with Gasteiger partial charge in [-0.15, -0.1) is 23.5 Å². The number of hydrogen-bond donors (Lipinski definition) is 7. The molecule has 0 bridgehead atoms. The van der Waals surface area contributed by atoms with E-state index >= 15 is 0 Å². The summed E-state index contributed by atoms with van der Waals surface area (Å²) in [4.78, 5) is 15.1. The number of fused-ring (bicyclic) bond motifs is 10. The molecule has 2 aliphatic rings. The van der Waals surface area contributed by atoms with Crippen LogP contribution in [-0.4, -0.2) is 67.2 Å². The second-order valence-corrected chi connectivity index (χ2v) is 16.4. The highest BCUT2D eigenvalue weighted by molar-refractivity contribution is 14.1. The van der Waals surface area contributed by atoms with Gasteiger partial charge in [0.1, 0.15) is 22.4 Å². The maximum absolute atomic E-state index is 4.66. The fourth-order valence-corrected chi connectivity index (χ4v) is 9.66. The number of aromatic nitrogens is 11. The molecular formula is C33H30IN11S4. The fraction of sp³-hybridized carbons (Fsp3) is 0.182. The van der Waals surface area contributed by atoms with Crippen molar-refractivity contribution in [1.82, 2.24) is 55.7 Å². The molecular weight excluding hydrogens is 806 g/mol. The molecule has 248 valence electrons. The number of nitrogens with zero attached hydrogens (tertiary/aromatic N) is 4. The molecule has 0 spiro atoms. The van der Waals surface area contributed by atoms with E-state index in [9.17, 15) is 0 Å². The molecule has 11 nitrogen and oxygen atoms in total. The minimum atomic E-state index is 0.745. The Labute approximate surface area is 311 Å². The number of H-pyrrole nitrogens is 7. The zero-order valence-electron chi connectivity index (χ0n) is 26.3. The van der Waals surface area contributed by atoms with Crippen LogP contribution in [0.5, 0.6) is 0 Å². The van der Waals surface area contributed by atoms with Crippen molar-refractivity contribution in [3.63, 3.8) is 0 Å². The van der Waals surface area contributed by atoms with Crippen LogP contribution < -0.4 is 0 Å². The topological polar surface area (TPSA) is 162 Å². The van der Waals surface area contributed by atoms with Gasteiger partial charge in [0.25, 0.3) is 0 Å². The lowest BCUT2D eigenvalue weighted by Crippen LogP contribution is -1.89. The van der Waals surface area contributed by atoms with Crippen LogP contribution in [0.3, 0.4) is 0 Å². The van der Waals surface area contributed by atoms with E-state index in [0.29, 0.717) is 0 Å². The van der Waals surface area contributed by atoms with Crippen molar-refractivity contribution in [2.75, 3.05) is 11.5 Å². The van der Waals surface area contributed by atoms with E-state index < -0.39 is 0 Å². The predicted molar refractivity (Wildman–Crippen MR) is 209 cm³/mol. The van der Waals surface area contributed by atoms with Gasteiger partial charge in [-0.1, -0.05) is 24.0 Å². The van der Waals surface area contributed by atoms with Crippen molar-refractivity contribution in [1.29, 1.82) is 0 Å². The second-order valence-electron chi connectivity index (χ2n) is 11.5. The van der Waals surface area contributed by atoms with Crippen molar-refractivity contribution in [3.8, 4) is 22.8 Å². The predicted octanol–water partition coefficient (Wildman–Crippen LogP) is 8.98. The Kier molecular flexibility index (Phi) is 9.21. The van der Waals surface area contributed by atoms with Crippen molar-refractivity contribution < 1.29 is 0 Å². The lowest BCUT2D eigenvalue weighted by molar-refractivity contribution is 0.973. The zero-order valence-corrected chi connectivity index (χ0v) is 31.7. The maximum Gasteiger partial charge on any atom is 0.188 e. The molecule has 49 heavy (non-hydrogen) atoms. The summed E-state index contributed by atoms with van der Waals surface area (Å²) in [5, 5.41) is 30.8. The molecule has 0 atom stereocenters. The van der Waals surface area contributed by atoms with Crippen molar-refractivity contribution in [3.05, 3.63) is 85.7 Å². The van der Waals surface area contributed by atoms with Crippen LogP contribution in [0.1, 0.15) is 22.5 Å². The maximum atomic E-state index is 4.66. The molecule has 0 fully saturated rings. The van der Waals surface area contributed by atoms with Crippen LogP contribution in [0.2, 0.25) is 0 Å². The molecule has 0 amide bonds. The van der Waals surface area contributed by atoms with Crippen LogP contribution in [0.25, 0.3) is 44.6 Å². The monoisotopic (exact) mass is 835 g/mol. The fourth-order valence-electron chi connectivity index (χ4n) is 6.05. The van der Waals surface area contributed by atoms with Gasteiger partial charge >= 0.3 is 0 Å². The molecule has 8 heterocycles. The van der Waals surface area contributed by atoms with E-state index in [1.807, 2.05) is 23.5 Å². The molecule has 6 aromatic heterocycles. The Morgan fingerprint density at radius 1 is 0.796 bits per heavy atom. The highest BCUT2D eigenvalue weighted by atomic mass is 127. The van der Waals surface area contributed by atoms with Gasteiger partial charge in [0.15, 0.2) is 5.16 Å². The van der Waals surface area contributed by atoms with E-state index in [2.05, 4.69) is 141 Å². The molecule has 2 aromatic carbocycles. The van der Waals surface area contributed by atoms with Gasteiger partial charge in [0.2, 0.25) is 0 Å². The minimum absolute atomic E-state index is 0.745. The first-order chi connectivity index (χ1) is 23.9. The Hall–Kier alpha value is -3.71. The zero-order chi connectivity index (χ0) is 33.5. The average Bonchev–Trinajstić information content (AvgIpc) is 3.96. The summed E-state index contributed by atoms with van der Waals surface area (Å²) in [5.74, 6) is 2.17. The number of rotatable bonds is 2. The summed E-state index contributed by atoms with van der Waals surface area (Å²) in [7, 11) is 0. The first-order valence-electron chi connectivity index (χ1n) is 15.5. The molecule has 0 saturated carbocycles. The van der Waals surface area contributed by atoms with Gasteiger partial charge in [-0.05, 0) is 91.7 Å². The number of aromatic amines is 7. The first kappa shape index (κ1) is 32.5. The van der Waals surface area contributed by atoms with Crippen LogP contribution >= 0.6 is 70.1 Å². The standard InChI is InChI=1S/C16H14N6S2.C14H12IN3S.C3H4N2S/c1-8-10-4-5-23-15-11-6-9(24-16-17-7-18-22-16)2-3-12(11)19-14(15)13(10)21-20-8;1-7-9-4-5-19-14-10-6-8(15)2-3-11(10)16-13(14)12(9)18-17-7;6-3-1-2-4-5-3/h2-3,6-7,19H,4-5H2,1H3,(H,20,21)(H,17,18,22);2-3,6,16H,4-5H2,1H3,(H,17,18);1-2H,(H2,4,5,6). The Balaban J connectivity index is 0.000000124. The van der Waals surface area contributed by atoms with E-state index in [4.69, 9.17) is 0 Å². The van der Waals surface area contributed by atoms with Crippen molar-refractivity contribution >= 4 is 91.9 Å². The number of aryl methyl sites for hydroxylation is 2. The third-order valence-electron chi connectivity index (χ3n) is 8.37. The quantitative estimate of drug-likeness (QED) is 0.0671. The summed E-state index contributed by atoms with van der Waals surface area (Å²) in [6.07, 6.45) is 5.40. The number of benzene rings is 2. The van der Waals surface area contributed by atoms with Crippen molar-refractivity contribution in [2.24, 2.45) is 0 Å². The molecule has 2 aliphatic heterocycles. The van der Waals surface area contributed by atoms with Gasteiger partial charge in [-0.2, -0.15) is 15.3 Å². The van der Waals surface area contributed by atoms with Crippen LogP contribution in [0.15, 0.2) is 74.8 Å². The lowest BCUT2D eigenvalue weighted by Gasteiger charge is -2.01. The summed E-state index contributed by atoms with van der Waals surface area (Å²) in [6.45, 7) is 4.20. The number of nitrogens with one attached hydrogen (secondary N) is 7. The normalized spacial score (nSPS) is 13.3. The largest absolute Gasteiger partial charge is 0.352 e. The molecule has 0 aliphatic carbocycles. The Morgan fingerprint density at radius 3 is 1.98 bits per heavy atom. The average molecular weight is 836 g/mol. The lowest BCUT2D eigenvalue weighted by atomic mass is 10.1. The van der Waals surface area contributed by atoms with Gasteiger partial charge in [-0.25, -0.2) is 4.98 Å². The van der Waals surface area contributed by atoms with E-state index in [-0.39, 0.29) is 0 Å². The molecule has 8 aromatic rings. The number of hydrogen-bond acceptors (Lipinski definition) is 8. The number of thioether (sulfide) groups is 2. The van der Waals surface area contributed by atoms with Gasteiger partial charge in [0, 0.05) is 80.3 Å². The molecule has 10 rings (SSSR count).